The third kappa shape index (κ3) is 1.63. The Morgan fingerprint density at radius 1 is 1.50 bits per heavy atom. The van der Waals surface area contributed by atoms with Crippen molar-refractivity contribution in [2.24, 2.45) is 0 Å². The fourth-order valence-corrected chi connectivity index (χ4v) is 1.59. The highest BCUT2D eigenvalue weighted by molar-refractivity contribution is 5.77. The Morgan fingerprint density at radius 3 is 2.93 bits per heavy atom. The van der Waals surface area contributed by atoms with Gasteiger partial charge in [0.1, 0.15) is 6.29 Å². The van der Waals surface area contributed by atoms with E-state index in [0.29, 0.717) is 6.10 Å². The quantitative estimate of drug-likeness (QED) is 0.675. The molecular formula is C11H13NO2. The van der Waals surface area contributed by atoms with E-state index in [9.17, 15) is 4.79 Å². The summed E-state index contributed by atoms with van der Waals surface area (Å²) in [5.74, 6) is 0. The standard InChI is InChI=1S/C11H13NO2/c1-14-11-6-12(7-11)10-4-2-3-9(5-10)8-13/h2-5,8,11H,6-7H2,1H3. The molecule has 0 aromatic heterocycles. The van der Waals surface area contributed by atoms with Crippen LogP contribution >= 0.6 is 0 Å². The van der Waals surface area contributed by atoms with Crippen molar-refractivity contribution in [2.45, 2.75) is 6.10 Å². The van der Waals surface area contributed by atoms with Crippen LogP contribution in [0.2, 0.25) is 0 Å². The molecular weight excluding hydrogens is 178 g/mol. The predicted molar refractivity (Wildman–Crippen MR) is 54.8 cm³/mol. The van der Waals surface area contributed by atoms with Gasteiger partial charge in [0.15, 0.2) is 0 Å². The Bertz CT molecular complexity index is 332. The first-order chi connectivity index (χ1) is 6.83. The molecule has 74 valence electrons. The predicted octanol–water partition coefficient (Wildman–Crippen LogP) is 1.33. The lowest BCUT2D eigenvalue weighted by atomic mass is 10.1. The van der Waals surface area contributed by atoms with E-state index in [-0.39, 0.29) is 0 Å². The maximum Gasteiger partial charge on any atom is 0.150 e. The fraction of sp³-hybridized carbons (Fsp3) is 0.364. The van der Waals surface area contributed by atoms with Crippen LogP contribution in [0, 0.1) is 0 Å². The molecule has 1 aliphatic rings. The van der Waals surface area contributed by atoms with Crippen LogP contribution in [-0.2, 0) is 4.74 Å². The second-order valence-electron chi connectivity index (χ2n) is 3.48. The molecule has 14 heavy (non-hydrogen) atoms. The van der Waals surface area contributed by atoms with Gasteiger partial charge < -0.3 is 9.64 Å². The second kappa shape index (κ2) is 3.80. The number of carbonyl (C=O) groups is 1. The molecule has 0 amide bonds. The van der Waals surface area contributed by atoms with Crippen molar-refractivity contribution in [3.05, 3.63) is 29.8 Å². The zero-order valence-electron chi connectivity index (χ0n) is 8.14. The first-order valence-electron chi connectivity index (χ1n) is 4.66. The maximum atomic E-state index is 10.6. The number of carbonyl (C=O) groups excluding carboxylic acids is 1. The molecule has 1 aliphatic heterocycles. The van der Waals surface area contributed by atoms with Crippen molar-refractivity contribution in [1.29, 1.82) is 0 Å². The van der Waals surface area contributed by atoms with Crippen LogP contribution in [0.3, 0.4) is 0 Å². The SMILES string of the molecule is COC1CN(c2cccc(C=O)c2)C1. The number of methoxy groups -OCH3 is 1. The van der Waals surface area contributed by atoms with Gasteiger partial charge in [-0.15, -0.1) is 0 Å². The Balaban J connectivity index is 2.07. The first-order valence-corrected chi connectivity index (χ1v) is 4.66. The zero-order valence-corrected chi connectivity index (χ0v) is 8.14. The number of aldehydes is 1. The lowest BCUT2D eigenvalue weighted by molar-refractivity contribution is 0.0787. The van der Waals surface area contributed by atoms with E-state index < -0.39 is 0 Å². The third-order valence-electron chi connectivity index (χ3n) is 2.55. The topological polar surface area (TPSA) is 29.5 Å². The van der Waals surface area contributed by atoms with E-state index in [1.165, 1.54) is 0 Å². The van der Waals surface area contributed by atoms with Crippen molar-refractivity contribution in [1.82, 2.24) is 0 Å². The molecule has 0 atom stereocenters. The molecule has 0 unspecified atom stereocenters. The largest absolute Gasteiger partial charge is 0.378 e. The van der Waals surface area contributed by atoms with Crippen LogP contribution in [0.4, 0.5) is 5.69 Å². The van der Waals surface area contributed by atoms with Crippen molar-refractivity contribution < 1.29 is 9.53 Å². The van der Waals surface area contributed by atoms with Crippen molar-refractivity contribution in [3.8, 4) is 0 Å². The highest BCUT2D eigenvalue weighted by atomic mass is 16.5. The molecule has 1 aromatic rings. The summed E-state index contributed by atoms with van der Waals surface area (Å²) in [6, 6.07) is 7.63. The minimum atomic E-state index is 0.342. The highest BCUT2D eigenvalue weighted by Gasteiger charge is 2.26. The molecule has 0 radical (unpaired) electrons. The van der Waals surface area contributed by atoms with Gasteiger partial charge in [-0.25, -0.2) is 0 Å². The monoisotopic (exact) mass is 191 g/mol. The molecule has 2 rings (SSSR count). The molecule has 0 saturated carbocycles. The smallest absolute Gasteiger partial charge is 0.150 e. The van der Waals surface area contributed by atoms with E-state index in [1.807, 2.05) is 24.3 Å². The minimum absolute atomic E-state index is 0.342. The molecule has 3 heteroatoms. The number of hydrogen-bond donors (Lipinski definition) is 0. The van der Waals surface area contributed by atoms with Gasteiger partial charge in [0.25, 0.3) is 0 Å². The van der Waals surface area contributed by atoms with Crippen molar-refractivity contribution in [2.75, 3.05) is 25.1 Å². The molecule has 0 spiro atoms. The van der Waals surface area contributed by atoms with Gasteiger partial charge >= 0.3 is 0 Å². The average Bonchev–Trinajstić information content (AvgIpc) is 2.17. The summed E-state index contributed by atoms with van der Waals surface area (Å²) in [5.41, 5.74) is 1.83. The van der Waals surface area contributed by atoms with Gasteiger partial charge in [0.2, 0.25) is 0 Å². The van der Waals surface area contributed by atoms with E-state index in [4.69, 9.17) is 4.74 Å². The number of anilines is 1. The Hall–Kier alpha value is -1.35. The summed E-state index contributed by atoms with van der Waals surface area (Å²) in [4.78, 5) is 12.8. The summed E-state index contributed by atoms with van der Waals surface area (Å²) in [7, 11) is 1.73. The number of rotatable bonds is 3. The van der Waals surface area contributed by atoms with Crippen LogP contribution < -0.4 is 4.90 Å². The second-order valence-corrected chi connectivity index (χ2v) is 3.48. The molecule has 0 aliphatic carbocycles. The van der Waals surface area contributed by atoms with Crippen LogP contribution in [0.1, 0.15) is 10.4 Å². The minimum Gasteiger partial charge on any atom is -0.378 e. The molecule has 0 N–H and O–H groups in total. The third-order valence-corrected chi connectivity index (χ3v) is 2.55. The Labute approximate surface area is 83.3 Å². The molecule has 0 bridgehead atoms. The maximum absolute atomic E-state index is 10.6. The van der Waals surface area contributed by atoms with Crippen LogP contribution in [0.15, 0.2) is 24.3 Å². The summed E-state index contributed by atoms with van der Waals surface area (Å²) in [6.07, 6.45) is 1.21. The van der Waals surface area contributed by atoms with Gasteiger partial charge in [0.05, 0.1) is 6.10 Å². The summed E-state index contributed by atoms with van der Waals surface area (Å²) < 4.78 is 5.18. The molecule has 1 heterocycles. The molecule has 1 saturated heterocycles. The number of ether oxygens (including phenoxy) is 1. The molecule has 1 fully saturated rings. The highest BCUT2D eigenvalue weighted by Crippen LogP contribution is 2.22. The van der Waals surface area contributed by atoms with Crippen LogP contribution in [0.5, 0.6) is 0 Å². The number of benzene rings is 1. The van der Waals surface area contributed by atoms with E-state index >= 15 is 0 Å². The van der Waals surface area contributed by atoms with Crippen LogP contribution in [0.25, 0.3) is 0 Å². The van der Waals surface area contributed by atoms with Gasteiger partial charge in [-0.3, -0.25) is 4.79 Å². The number of nitrogens with zero attached hydrogens (tertiary/aromatic N) is 1. The first kappa shape index (κ1) is 9.21. The van der Waals surface area contributed by atoms with Gasteiger partial charge in [-0.05, 0) is 12.1 Å². The van der Waals surface area contributed by atoms with Crippen molar-refractivity contribution in [3.63, 3.8) is 0 Å². The van der Waals surface area contributed by atoms with Gasteiger partial charge in [0, 0.05) is 31.5 Å². The zero-order chi connectivity index (χ0) is 9.97. The van der Waals surface area contributed by atoms with E-state index in [1.54, 1.807) is 7.11 Å². The van der Waals surface area contributed by atoms with E-state index in [0.717, 1.165) is 30.6 Å². The summed E-state index contributed by atoms with van der Waals surface area (Å²) in [5, 5.41) is 0. The lowest BCUT2D eigenvalue weighted by Crippen LogP contribution is -2.51. The average molecular weight is 191 g/mol. The molecule has 3 nitrogen and oxygen atoms in total. The van der Waals surface area contributed by atoms with Gasteiger partial charge in [-0.1, -0.05) is 12.1 Å². The summed E-state index contributed by atoms with van der Waals surface area (Å²) in [6.45, 7) is 1.83. The lowest BCUT2D eigenvalue weighted by Gasteiger charge is -2.40. The normalized spacial score (nSPS) is 16.5. The van der Waals surface area contributed by atoms with Crippen LogP contribution in [-0.4, -0.2) is 32.6 Å². The Morgan fingerprint density at radius 2 is 2.29 bits per heavy atom. The fourth-order valence-electron chi connectivity index (χ4n) is 1.59. The van der Waals surface area contributed by atoms with E-state index in [2.05, 4.69) is 4.90 Å². The molecule has 1 aromatic carbocycles. The van der Waals surface area contributed by atoms with Crippen molar-refractivity contribution >= 4 is 12.0 Å². The summed E-state index contributed by atoms with van der Waals surface area (Å²) >= 11 is 0. The number of hydrogen-bond acceptors (Lipinski definition) is 3. The Kier molecular flexibility index (Phi) is 2.50. The van der Waals surface area contributed by atoms with Gasteiger partial charge in [-0.2, -0.15) is 0 Å².